The van der Waals surface area contributed by atoms with Crippen LogP contribution < -0.4 is 142 Å². The molecule has 43 N–H and O–H groups in total. The first-order valence-corrected chi connectivity index (χ1v) is 49.3. The van der Waals surface area contributed by atoms with E-state index < -0.39 is 193 Å². The number of pyridine rings is 1. The molecular formula is C91H158N36O17. The molecule has 0 saturated heterocycles. The van der Waals surface area contributed by atoms with E-state index in [9.17, 15) is 72.9 Å². The molecular weight excluding hydrogens is 1870 g/mol. The van der Waals surface area contributed by atoms with Crippen LogP contribution in [0.3, 0.4) is 0 Å². The van der Waals surface area contributed by atoms with E-state index in [4.69, 9.17) is 78.3 Å². The van der Waals surface area contributed by atoms with Crippen LogP contribution >= 0.6 is 0 Å². The molecule has 53 nitrogen and oxygen atoms in total. The summed E-state index contributed by atoms with van der Waals surface area (Å²) in [5.41, 5.74) is 46.9. The third-order valence-electron chi connectivity index (χ3n) is 22.9. The maximum Gasteiger partial charge on any atom is 0.326 e. The quantitative estimate of drug-likeness (QED) is 0.0147. The minimum Gasteiger partial charge on any atom is -0.508 e. The predicted molar refractivity (Wildman–Crippen MR) is 539 cm³/mol. The van der Waals surface area contributed by atoms with Crippen LogP contribution in [0.25, 0.3) is 11.3 Å². The number of aryl methyl sites for hydroxylation is 1. The zero-order chi connectivity index (χ0) is 107. The summed E-state index contributed by atoms with van der Waals surface area (Å²) in [4.78, 5) is 204. The fourth-order valence-electron chi connectivity index (χ4n) is 15.1. The highest BCUT2D eigenvalue weighted by molar-refractivity contribution is 6.00. The van der Waals surface area contributed by atoms with Gasteiger partial charge in [0.25, 0.3) is 0 Å². The molecule has 0 bridgehead atoms. The van der Waals surface area contributed by atoms with Crippen molar-refractivity contribution in [1.82, 2.24) is 116 Å². The lowest BCUT2D eigenvalue weighted by Gasteiger charge is -2.28. The number of carboxylic acids is 2. The molecule has 0 fully saturated rings. The molecule has 0 radical (unpaired) electrons. The Morgan fingerprint density at radius 3 is 1.01 bits per heavy atom. The largest absolute Gasteiger partial charge is 0.508 e. The van der Waals surface area contributed by atoms with Crippen LogP contribution in [0.1, 0.15) is 237 Å². The number of rotatable bonds is 79. The number of unbranched alkanes of at least 4 members (excludes halogenated alkanes) is 13. The van der Waals surface area contributed by atoms with Gasteiger partial charge in [0.05, 0.1) is 12.7 Å². The number of benzene rings is 1. The van der Waals surface area contributed by atoms with Gasteiger partial charge in [0, 0.05) is 83.0 Å². The molecule has 53 heteroatoms. The fraction of sp³-hybridized carbons (Fsp3) is 0.637. The van der Waals surface area contributed by atoms with Crippen molar-refractivity contribution in [1.29, 1.82) is 32.5 Å². The van der Waals surface area contributed by atoms with Gasteiger partial charge in [-0.15, -0.1) is 5.10 Å². The monoisotopic (exact) mass is 2030 g/mol. The summed E-state index contributed by atoms with van der Waals surface area (Å²) in [6, 6.07) is -7.55. The van der Waals surface area contributed by atoms with Crippen LogP contribution in [-0.2, 0) is 80.1 Å². The zero-order valence-electron chi connectivity index (χ0n) is 82.5. The number of aromatic hydroxyl groups is 1. The Bertz CT molecular complexity index is 4520. The van der Waals surface area contributed by atoms with E-state index in [1.807, 2.05) is 6.07 Å². The SMILES string of the molecule is CCCCCCCCCCCCCC(=O)N[C@@H](CCCCn1cc(-c2cccnc2)nn1)C(=O)N[C@@H](Cc1ccc(O)cc1)C(=O)NCC(=O)N[C@@H](CCCNC(=N)N)C(=O)N[C@@H](CCCCN)C(=O)N[C@@H](CCCCN)C(=O)N[C@@H](CCCNC(=N)N)C(=O)N[C@@H](CCCNC(=N)N)C(=O)N[C@@H](CCC(=O)O)C(=O)N[C@@H](CCCNC(=N)N)C(=O)N[C@@H](CCCNC(=N)N)C(=O)N[C@@H](CCCNC(=N)N)C(=O)O. The first kappa shape index (κ1) is 124. The summed E-state index contributed by atoms with van der Waals surface area (Å²) in [6.07, 6.45) is 15.6. The lowest BCUT2D eigenvalue weighted by Crippen LogP contribution is -2.60. The Morgan fingerprint density at radius 2 is 0.667 bits per heavy atom. The molecule has 3 aromatic rings. The van der Waals surface area contributed by atoms with Crippen molar-refractivity contribution in [3.05, 3.63) is 60.6 Å². The van der Waals surface area contributed by atoms with E-state index in [2.05, 4.69) is 118 Å². The smallest absolute Gasteiger partial charge is 0.326 e. The second kappa shape index (κ2) is 72.6. The molecule has 0 unspecified atom stereocenters. The average Bonchev–Trinajstić information content (AvgIpc) is 1.38. The Hall–Kier alpha value is -14.6. The van der Waals surface area contributed by atoms with Crippen LogP contribution in [0.4, 0.5) is 0 Å². The van der Waals surface area contributed by atoms with Crippen molar-refractivity contribution >= 4 is 119 Å². The van der Waals surface area contributed by atoms with Gasteiger partial charge in [-0.2, -0.15) is 0 Å². The van der Waals surface area contributed by atoms with Gasteiger partial charge in [0.1, 0.15) is 77.9 Å². The van der Waals surface area contributed by atoms with Gasteiger partial charge < -0.3 is 157 Å². The van der Waals surface area contributed by atoms with Gasteiger partial charge in [-0.1, -0.05) is 88.5 Å². The van der Waals surface area contributed by atoms with Crippen molar-refractivity contribution in [2.75, 3.05) is 58.9 Å². The third kappa shape index (κ3) is 56.2. The molecule has 804 valence electrons. The van der Waals surface area contributed by atoms with E-state index in [0.29, 0.717) is 49.9 Å². The van der Waals surface area contributed by atoms with Crippen LogP contribution in [0, 0.1) is 32.5 Å². The predicted octanol–water partition coefficient (Wildman–Crippen LogP) is -3.60. The molecule has 2 aromatic heterocycles. The molecule has 0 aliphatic carbocycles. The van der Waals surface area contributed by atoms with Crippen LogP contribution in [0.5, 0.6) is 5.75 Å². The van der Waals surface area contributed by atoms with Gasteiger partial charge in [-0.3, -0.25) is 104 Å². The van der Waals surface area contributed by atoms with E-state index in [0.717, 1.165) is 37.7 Å². The lowest BCUT2D eigenvalue weighted by molar-refractivity contribution is -0.142. The molecule has 11 atom stereocenters. The number of aliphatic carboxylic acids is 2. The average molecular weight is 2030 g/mol. The number of hydrogen-bond donors (Lipinski definition) is 35. The number of carbonyl (C=O) groups excluding carboxylic acids is 12. The zero-order valence-corrected chi connectivity index (χ0v) is 82.5. The van der Waals surface area contributed by atoms with E-state index in [1.165, 1.54) is 56.4 Å². The Kier molecular flexibility index (Phi) is 62.4. The highest BCUT2D eigenvalue weighted by Crippen LogP contribution is 2.20. The first-order valence-electron chi connectivity index (χ1n) is 49.3. The second-order valence-electron chi connectivity index (χ2n) is 35.0. The van der Waals surface area contributed by atoms with Gasteiger partial charge >= 0.3 is 11.9 Å². The molecule has 3 rings (SSSR count). The highest BCUT2D eigenvalue weighted by Gasteiger charge is 2.37. The maximum atomic E-state index is 15.0. The Labute approximate surface area is 838 Å². The summed E-state index contributed by atoms with van der Waals surface area (Å²) in [5, 5.41) is 132. The standard InChI is InChI=1S/C91H158N36O17/c1-2-3-4-5-6-7-8-9-10-11-12-36-72(129)114-60(29-15-18-52-127-56-71(125-126-127)58-26-19-45-106-54-58)77(135)124-70(53-57-37-39-59(128)40-38-57)75(133)113-55-73(130)115-61(30-20-46-107-86(94)95)76(134)116-62(27-13-16-43-92)78(136)117-63(28-14-17-44-93)79(137)118-64(31-21-47-108-87(96)97)80(138)119-66(33-23-49-110-89(100)101)82(140)122-68(41-42-74(131)132)84(142)121-65(32-22-48-109-88(98)99)81(139)120-67(34-24-50-111-90(102)103)83(141)123-69(85(143)144)35-25-51-112-91(104)105/h19,26,37-40,45,54,56,60-70,128H,2-18,20-25,27-36,41-44,46-53,55,92-93H2,1H3,(H,113,133)(H,114,129)(H,115,130)(H,116,134)(H,117,136)(H,118,137)(H,119,138)(H,120,139)(H,121,142)(H,122,140)(H,123,141)(H,124,135)(H,131,132)(H,143,144)(H4,94,95,107)(H4,96,97,108)(H4,98,99,109)(H4,100,101,110)(H4,102,103,111)(H4,104,105,112)/t60-,61-,62-,63-,64-,65-,66-,67-,68-,69-,70-/m0/s1. The minimum absolute atomic E-state index is 0.00790. The number of carbonyl (C=O) groups is 14. The number of carboxylic acid groups (broad SMARTS) is 2. The minimum atomic E-state index is -1.85. The Morgan fingerprint density at radius 1 is 0.347 bits per heavy atom. The van der Waals surface area contributed by atoms with Crippen LogP contribution in [-0.4, -0.2) is 279 Å². The number of amides is 12. The number of nitrogens with zero attached hydrogens (tertiary/aromatic N) is 4. The summed E-state index contributed by atoms with van der Waals surface area (Å²) in [6.45, 7) is 1.87. The van der Waals surface area contributed by atoms with Crippen molar-refractivity contribution < 1.29 is 82.4 Å². The lowest BCUT2D eigenvalue weighted by atomic mass is 10.0. The van der Waals surface area contributed by atoms with Crippen molar-refractivity contribution in [2.45, 2.75) is 311 Å². The summed E-state index contributed by atoms with van der Waals surface area (Å²) in [5.74, 6) is -16.8. The fourth-order valence-corrected chi connectivity index (χ4v) is 15.1. The molecule has 0 spiro atoms. The third-order valence-corrected chi connectivity index (χ3v) is 22.9. The topological polar surface area (TPSA) is 911 Å². The highest BCUT2D eigenvalue weighted by atomic mass is 16.4. The van der Waals surface area contributed by atoms with Gasteiger partial charge in [0.2, 0.25) is 70.9 Å². The number of phenols is 1. The number of nitrogens with two attached hydrogens (primary N) is 8. The molecule has 1 aromatic carbocycles. The van der Waals surface area contributed by atoms with Gasteiger partial charge in [0.15, 0.2) is 35.8 Å². The normalized spacial score (nSPS) is 13.2. The number of aromatic nitrogens is 4. The number of guanidine groups is 6. The van der Waals surface area contributed by atoms with Crippen LogP contribution in [0.15, 0.2) is 55.0 Å². The van der Waals surface area contributed by atoms with E-state index in [1.54, 1.807) is 29.3 Å². The van der Waals surface area contributed by atoms with Crippen molar-refractivity contribution in [3.8, 4) is 17.0 Å². The van der Waals surface area contributed by atoms with Gasteiger partial charge in [-0.05, 0) is 191 Å². The molecule has 0 saturated carbocycles. The number of hydrogen-bond acceptors (Lipinski definition) is 26. The number of phenolic OH excluding ortho intramolecular Hbond substituents is 1. The number of nitrogens with one attached hydrogen (secondary N) is 24. The molecule has 0 aliphatic rings. The Balaban J connectivity index is 2.04. The van der Waals surface area contributed by atoms with Crippen LogP contribution in [0.2, 0.25) is 0 Å². The van der Waals surface area contributed by atoms with Crippen molar-refractivity contribution in [3.63, 3.8) is 0 Å². The summed E-state index contributed by atoms with van der Waals surface area (Å²) < 4.78 is 1.66. The van der Waals surface area contributed by atoms with E-state index >= 15 is 9.59 Å². The second-order valence-corrected chi connectivity index (χ2v) is 35.0. The molecule has 12 amide bonds. The first-order chi connectivity index (χ1) is 68.8. The maximum absolute atomic E-state index is 15.0. The van der Waals surface area contributed by atoms with Gasteiger partial charge in [-0.25, -0.2) is 4.79 Å². The molecule has 144 heavy (non-hydrogen) atoms. The molecule has 2 heterocycles. The summed E-state index contributed by atoms with van der Waals surface area (Å²) in [7, 11) is 0. The van der Waals surface area contributed by atoms with E-state index in [-0.39, 0.29) is 192 Å². The molecule has 0 aliphatic heterocycles. The summed E-state index contributed by atoms with van der Waals surface area (Å²) >= 11 is 0. The van der Waals surface area contributed by atoms with Crippen molar-refractivity contribution in [2.24, 2.45) is 45.9 Å².